The molecule has 0 amide bonds. The second-order valence-electron chi connectivity index (χ2n) is 4.56. The van der Waals surface area contributed by atoms with Crippen LogP contribution in [-0.4, -0.2) is 19.6 Å². The van der Waals surface area contributed by atoms with Crippen molar-refractivity contribution in [2.45, 2.75) is 13.5 Å². The maximum atomic E-state index is 6.05. The van der Waals surface area contributed by atoms with Gasteiger partial charge in [-0.1, -0.05) is 23.2 Å². The molecule has 2 N–H and O–H groups in total. The van der Waals surface area contributed by atoms with Gasteiger partial charge in [0, 0.05) is 18.3 Å². The quantitative estimate of drug-likeness (QED) is 0.801. The normalized spacial score (nSPS) is 11.0. The Hall–Kier alpha value is -1.98. The van der Waals surface area contributed by atoms with Gasteiger partial charge < -0.3 is 5.73 Å². The second-order valence-corrected chi connectivity index (χ2v) is 5.38. The molecular weight excluding hydrogens is 309 g/mol. The molecule has 3 rings (SSSR count). The van der Waals surface area contributed by atoms with Crippen LogP contribution >= 0.6 is 23.2 Å². The van der Waals surface area contributed by atoms with E-state index >= 15 is 0 Å². The predicted octanol–water partition coefficient (Wildman–Crippen LogP) is 3.64. The molecule has 0 spiro atoms. The van der Waals surface area contributed by atoms with Gasteiger partial charge in [-0.2, -0.15) is 10.2 Å². The van der Waals surface area contributed by atoms with Crippen molar-refractivity contribution in [3.8, 4) is 16.9 Å². The highest BCUT2D eigenvalue weighted by Crippen LogP contribution is 2.28. The first-order valence-electron chi connectivity index (χ1n) is 6.42. The second kappa shape index (κ2) is 5.42. The van der Waals surface area contributed by atoms with E-state index in [9.17, 15) is 0 Å². The Morgan fingerprint density at radius 1 is 1.19 bits per heavy atom. The van der Waals surface area contributed by atoms with Gasteiger partial charge >= 0.3 is 0 Å². The lowest BCUT2D eigenvalue weighted by atomic mass is 10.2. The molecule has 1 aromatic carbocycles. The van der Waals surface area contributed by atoms with Crippen molar-refractivity contribution in [2.24, 2.45) is 0 Å². The molecule has 0 saturated heterocycles. The zero-order valence-corrected chi connectivity index (χ0v) is 12.8. The summed E-state index contributed by atoms with van der Waals surface area (Å²) in [6.07, 6.45) is 5.41. The number of hydrogen-bond acceptors (Lipinski definition) is 3. The van der Waals surface area contributed by atoms with E-state index in [0.29, 0.717) is 21.4 Å². The molecule has 0 unspecified atom stereocenters. The number of nitrogens with zero attached hydrogens (tertiary/aromatic N) is 4. The van der Waals surface area contributed by atoms with E-state index in [4.69, 9.17) is 28.9 Å². The van der Waals surface area contributed by atoms with Gasteiger partial charge in [0.05, 0.1) is 33.8 Å². The SMILES string of the molecule is CCn1cc(-c2nn(-c3ccc(Cl)c(Cl)c3)cc2N)cn1. The van der Waals surface area contributed by atoms with E-state index in [-0.39, 0.29) is 0 Å². The third-order valence-corrected chi connectivity index (χ3v) is 3.88. The Morgan fingerprint density at radius 3 is 2.67 bits per heavy atom. The Kier molecular flexibility index (Phi) is 3.61. The molecule has 0 aliphatic carbocycles. The van der Waals surface area contributed by atoms with Crippen molar-refractivity contribution < 1.29 is 0 Å². The standard InChI is InChI=1S/C14H13Cl2N5/c1-2-20-7-9(6-18-20)14-13(17)8-21(19-14)10-3-4-11(15)12(16)5-10/h3-8H,2,17H2,1H3. The van der Waals surface area contributed by atoms with Crippen molar-refractivity contribution in [3.63, 3.8) is 0 Å². The molecule has 7 heteroatoms. The summed E-state index contributed by atoms with van der Waals surface area (Å²) in [5, 5.41) is 9.72. The van der Waals surface area contributed by atoms with Crippen LogP contribution in [0.2, 0.25) is 10.0 Å². The van der Waals surface area contributed by atoms with E-state index in [0.717, 1.165) is 17.8 Å². The van der Waals surface area contributed by atoms with E-state index < -0.39 is 0 Å². The monoisotopic (exact) mass is 321 g/mol. The Balaban J connectivity index is 2.02. The maximum absolute atomic E-state index is 6.05. The fraction of sp³-hybridized carbons (Fsp3) is 0.143. The van der Waals surface area contributed by atoms with E-state index in [1.165, 1.54) is 0 Å². The van der Waals surface area contributed by atoms with Crippen LogP contribution < -0.4 is 5.73 Å². The number of halogens is 2. The van der Waals surface area contributed by atoms with Gasteiger partial charge in [0.15, 0.2) is 0 Å². The highest BCUT2D eigenvalue weighted by Gasteiger charge is 2.12. The summed E-state index contributed by atoms with van der Waals surface area (Å²) < 4.78 is 3.50. The smallest absolute Gasteiger partial charge is 0.119 e. The molecule has 5 nitrogen and oxygen atoms in total. The summed E-state index contributed by atoms with van der Waals surface area (Å²) in [5.41, 5.74) is 9.00. The van der Waals surface area contributed by atoms with Crippen molar-refractivity contribution in [1.82, 2.24) is 19.6 Å². The van der Waals surface area contributed by atoms with Gasteiger partial charge in [0.25, 0.3) is 0 Å². The minimum atomic E-state index is 0.476. The van der Waals surface area contributed by atoms with Crippen molar-refractivity contribution in [3.05, 3.63) is 46.8 Å². The molecule has 0 saturated carbocycles. The maximum Gasteiger partial charge on any atom is 0.119 e. The first-order valence-corrected chi connectivity index (χ1v) is 7.17. The number of anilines is 1. The van der Waals surface area contributed by atoms with Gasteiger partial charge in [0.2, 0.25) is 0 Å². The van der Waals surface area contributed by atoms with Gasteiger partial charge in [-0.05, 0) is 25.1 Å². The molecule has 21 heavy (non-hydrogen) atoms. The molecule has 0 aliphatic heterocycles. The van der Waals surface area contributed by atoms with E-state index in [1.807, 2.05) is 23.9 Å². The molecule has 108 valence electrons. The Morgan fingerprint density at radius 2 is 2.00 bits per heavy atom. The lowest BCUT2D eigenvalue weighted by molar-refractivity contribution is 0.660. The highest BCUT2D eigenvalue weighted by molar-refractivity contribution is 6.42. The van der Waals surface area contributed by atoms with Gasteiger partial charge in [0.1, 0.15) is 5.69 Å². The van der Waals surface area contributed by atoms with Crippen LogP contribution in [-0.2, 0) is 6.54 Å². The first kappa shape index (κ1) is 14.0. The molecule has 0 atom stereocenters. The van der Waals surface area contributed by atoms with Crippen LogP contribution in [0.15, 0.2) is 36.8 Å². The Labute approximate surface area is 131 Å². The molecule has 0 fully saturated rings. The fourth-order valence-corrected chi connectivity index (χ4v) is 2.32. The number of benzene rings is 1. The molecule has 3 aromatic rings. The predicted molar refractivity (Wildman–Crippen MR) is 84.9 cm³/mol. The largest absolute Gasteiger partial charge is 0.396 e. The average Bonchev–Trinajstić information content (AvgIpc) is 3.08. The lowest BCUT2D eigenvalue weighted by Crippen LogP contribution is -1.95. The first-order chi connectivity index (χ1) is 10.1. The number of nitrogen functional groups attached to an aromatic ring is 1. The zero-order chi connectivity index (χ0) is 15.0. The topological polar surface area (TPSA) is 61.7 Å². The summed E-state index contributed by atoms with van der Waals surface area (Å²) in [6.45, 7) is 2.82. The van der Waals surface area contributed by atoms with Crippen LogP contribution in [0.25, 0.3) is 16.9 Å². The van der Waals surface area contributed by atoms with Gasteiger partial charge in [-0.15, -0.1) is 0 Å². The number of rotatable bonds is 3. The summed E-state index contributed by atoms with van der Waals surface area (Å²) in [5.74, 6) is 0. The van der Waals surface area contributed by atoms with Crippen molar-refractivity contribution >= 4 is 28.9 Å². The summed E-state index contributed by atoms with van der Waals surface area (Å²) in [7, 11) is 0. The van der Waals surface area contributed by atoms with Crippen LogP contribution in [0, 0.1) is 0 Å². The summed E-state index contributed by atoms with van der Waals surface area (Å²) >= 11 is 12.0. The minimum Gasteiger partial charge on any atom is -0.396 e. The van der Waals surface area contributed by atoms with Crippen LogP contribution in [0.1, 0.15) is 6.92 Å². The fourth-order valence-electron chi connectivity index (χ4n) is 2.03. The third kappa shape index (κ3) is 2.62. The Bertz CT molecular complexity index is 791. The number of aromatic nitrogens is 4. The molecular formula is C14H13Cl2N5. The molecule has 2 heterocycles. The summed E-state index contributed by atoms with van der Waals surface area (Å²) in [6, 6.07) is 5.31. The van der Waals surface area contributed by atoms with Crippen molar-refractivity contribution in [1.29, 1.82) is 0 Å². The number of nitrogens with two attached hydrogens (primary N) is 1. The third-order valence-electron chi connectivity index (χ3n) is 3.14. The van der Waals surface area contributed by atoms with Gasteiger partial charge in [-0.3, -0.25) is 4.68 Å². The molecule has 0 radical (unpaired) electrons. The number of hydrogen-bond donors (Lipinski definition) is 1. The molecule has 2 aromatic heterocycles. The minimum absolute atomic E-state index is 0.476. The highest BCUT2D eigenvalue weighted by atomic mass is 35.5. The van der Waals surface area contributed by atoms with Crippen LogP contribution in [0.5, 0.6) is 0 Å². The number of aryl methyl sites for hydroxylation is 1. The van der Waals surface area contributed by atoms with Crippen molar-refractivity contribution in [2.75, 3.05) is 5.73 Å². The van der Waals surface area contributed by atoms with Crippen LogP contribution in [0.4, 0.5) is 5.69 Å². The lowest BCUT2D eigenvalue weighted by Gasteiger charge is -2.02. The summed E-state index contributed by atoms with van der Waals surface area (Å²) in [4.78, 5) is 0. The van der Waals surface area contributed by atoms with Crippen LogP contribution in [0.3, 0.4) is 0 Å². The van der Waals surface area contributed by atoms with E-state index in [1.54, 1.807) is 29.2 Å². The van der Waals surface area contributed by atoms with E-state index in [2.05, 4.69) is 10.2 Å². The molecule has 0 bridgehead atoms. The zero-order valence-electron chi connectivity index (χ0n) is 11.3. The molecule has 0 aliphatic rings. The average molecular weight is 322 g/mol. The van der Waals surface area contributed by atoms with Gasteiger partial charge in [-0.25, -0.2) is 4.68 Å².